The Morgan fingerprint density at radius 3 is 2.13 bits per heavy atom. The minimum Gasteiger partial charge on any atom is -0.350 e. The van der Waals surface area contributed by atoms with Crippen molar-refractivity contribution in [2.75, 3.05) is 13.6 Å². The summed E-state index contributed by atoms with van der Waals surface area (Å²) in [6.45, 7) is 4.67. The molecule has 0 aromatic heterocycles. The van der Waals surface area contributed by atoms with Crippen molar-refractivity contribution < 1.29 is 22.4 Å². The van der Waals surface area contributed by atoms with E-state index in [1.54, 1.807) is 6.07 Å². The van der Waals surface area contributed by atoms with Crippen molar-refractivity contribution in [3.8, 4) is 0 Å². The molecule has 1 unspecified atom stereocenters. The molecule has 0 spiro atoms. The molecule has 0 saturated heterocycles. The van der Waals surface area contributed by atoms with E-state index in [0.29, 0.717) is 5.02 Å². The van der Waals surface area contributed by atoms with Crippen LogP contribution in [-0.2, 0) is 32.6 Å². The van der Waals surface area contributed by atoms with Crippen LogP contribution in [-0.4, -0.2) is 54.6 Å². The number of nitrogens with zero attached hydrogens (tertiary/aromatic N) is 2. The van der Waals surface area contributed by atoms with Crippen LogP contribution in [0.15, 0.2) is 83.8 Å². The smallest absolute Gasteiger partial charge is 0.243 e. The fraction of sp³-hybridized carbons (Fsp3) is 0.310. The average molecular weight is 574 g/mol. The monoisotopic (exact) mass is 573 g/mol. The minimum absolute atomic E-state index is 0.0332. The van der Waals surface area contributed by atoms with Crippen molar-refractivity contribution in [3.05, 3.63) is 101 Å². The van der Waals surface area contributed by atoms with Crippen LogP contribution in [0, 0.1) is 5.82 Å². The van der Waals surface area contributed by atoms with Gasteiger partial charge in [-0.25, -0.2) is 12.8 Å². The maximum absolute atomic E-state index is 14.7. The third-order valence-electron chi connectivity index (χ3n) is 5.95. The third-order valence-corrected chi connectivity index (χ3v) is 8.02. The van der Waals surface area contributed by atoms with E-state index in [-0.39, 0.29) is 23.4 Å². The summed E-state index contributed by atoms with van der Waals surface area (Å²) in [5.41, 5.74) is 0.392. The molecule has 2 amide bonds. The number of carbonyl (C=O) groups excluding carboxylic acids is 2. The topological polar surface area (TPSA) is 86.8 Å². The third kappa shape index (κ3) is 8.36. The summed E-state index contributed by atoms with van der Waals surface area (Å²) < 4.78 is 42.0. The second-order valence-electron chi connectivity index (χ2n) is 10.3. The Labute approximate surface area is 234 Å². The normalized spacial score (nSPS) is 12.7. The van der Waals surface area contributed by atoms with Gasteiger partial charge in [0.25, 0.3) is 0 Å². The van der Waals surface area contributed by atoms with Crippen LogP contribution < -0.4 is 5.32 Å². The van der Waals surface area contributed by atoms with Gasteiger partial charge in [0.1, 0.15) is 11.9 Å². The van der Waals surface area contributed by atoms with Crippen LogP contribution >= 0.6 is 11.6 Å². The van der Waals surface area contributed by atoms with Crippen molar-refractivity contribution in [1.29, 1.82) is 0 Å². The minimum atomic E-state index is -4.05. The molecular weight excluding hydrogens is 541 g/mol. The number of nitrogens with one attached hydrogen (secondary N) is 1. The first kappa shape index (κ1) is 30.3. The lowest BCUT2D eigenvalue weighted by Crippen LogP contribution is -2.56. The SMILES string of the molecule is CN(CC(=O)N(Cc1ccccc1F)C(Cc1ccccc1)C(=O)NC(C)(C)C)S(=O)(=O)c1ccc(Cl)cc1. The number of rotatable bonds is 10. The van der Waals surface area contributed by atoms with Crippen LogP contribution in [0.25, 0.3) is 0 Å². The van der Waals surface area contributed by atoms with Gasteiger partial charge in [0.05, 0.1) is 11.4 Å². The summed E-state index contributed by atoms with van der Waals surface area (Å²) in [6, 6.07) is 19.7. The lowest BCUT2D eigenvalue weighted by molar-refractivity contribution is -0.142. The fourth-order valence-corrected chi connectivity index (χ4v) is 5.22. The van der Waals surface area contributed by atoms with Crippen LogP contribution in [0.1, 0.15) is 31.9 Å². The van der Waals surface area contributed by atoms with Crippen molar-refractivity contribution in [1.82, 2.24) is 14.5 Å². The van der Waals surface area contributed by atoms with Crippen LogP contribution in [0.3, 0.4) is 0 Å². The van der Waals surface area contributed by atoms with E-state index in [4.69, 9.17) is 11.6 Å². The van der Waals surface area contributed by atoms with Gasteiger partial charge in [-0.1, -0.05) is 60.1 Å². The lowest BCUT2D eigenvalue weighted by Gasteiger charge is -2.34. The number of carbonyl (C=O) groups is 2. The molecule has 39 heavy (non-hydrogen) atoms. The molecule has 3 aromatic rings. The molecule has 0 aliphatic carbocycles. The number of halogens is 2. The van der Waals surface area contributed by atoms with E-state index in [1.807, 2.05) is 51.1 Å². The second-order valence-corrected chi connectivity index (χ2v) is 12.8. The summed E-state index contributed by atoms with van der Waals surface area (Å²) >= 11 is 5.90. The molecule has 1 atom stereocenters. The Hall–Kier alpha value is -3.27. The summed E-state index contributed by atoms with van der Waals surface area (Å²) in [5, 5.41) is 3.29. The maximum Gasteiger partial charge on any atom is 0.243 e. The highest BCUT2D eigenvalue weighted by Crippen LogP contribution is 2.21. The molecule has 10 heteroatoms. The first-order chi connectivity index (χ1) is 18.3. The Morgan fingerprint density at radius 2 is 1.54 bits per heavy atom. The largest absolute Gasteiger partial charge is 0.350 e. The quantitative estimate of drug-likeness (QED) is 0.382. The number of hydrogen-bond donors (Lipinski definition) is 1. The predicted octanol–water partition coefficient (Wildman–Crippen LogP) is 4.65. The van der Waals surface area contributed by atoms with Crippen LogP contribution in [0.5, 0.6) is 0 Å². The highest BCUT2D eigenvalue weighted by molar-refractivity contribution is 7.89. The van der Waals surface area contributed by atoms with E-state index in [9.17, 15) is 22.4 Å². The van der Waals surface area contributed by atoms with E-state index in [2.05, 4.69) is 5.32 Å². The molecule has 0 radical (unpaired) electrons. The van der Waals surface area contributed by atoms with Crippen LogP contribution in [0.2, 0.25) is 5.02 Å². The highest BCUT2D eigenvalue weighted by Gasteiger charge is 2.34. The predicted molar refractivity (Wildman–Crippen MR) is 150 cm³/mol. The van der Waals surface area contributed by atoms with E-state index >= 15 is 0 Å². The molecule has 208 valence electrons. The van der Waals surface area contributed by atoms with E-state index < -0.39 is 45.8 Å². The average Bonchev–Trinajstić information content (AvgIpc) is 2.87. The molecule has 3 rings (SSSR count). The zero-order valence-electron chi connectivity index (χ0n) is 22.4. The molecule has 0 bridgehead atoms. The first-order valence-corrected chi connectivity index (χ1v) is 14.2. The summed E-state index contributed by atoms with van der Waals surface area (Å²) in [5.74, 6) is -1.62. The van der Waals surface area contributed by atoms with E-state index in [1.165, 1.54) is 54.4 Å². The summed E-state index contributed by atoms with van der Waals surface area (Å²) in [6.07, 6.45) is 0.149. The molecule has 7 nitrogen and oxygen atoms in total. The number of benzene rings is 3. The molecule has 0 fully saturated rings. The van der Waals surface area contributed by atoms with Gasteiger partial charge in [0.15, 0.2) is 0 Å². The van der Waals surface area contributed by atoms with Crippen LogP contribution in [0.4, 0.5) is 4.39 Å². The van der Waals surface area contributed by atoms with E-state index in [0.717, 1.165) is 9.87 Å². The number of amides is 2. The van der Waals surface area contributed by atoms with Gasteiger partial charge in [-0.3, -0.25) is 9.59 Å². The van der Waals surface area contributed by atoms with Crippen molar-refractivity contribution in [2.24, 2.45) is 0 Å². The van der Waals surface area contributed by atoms with Crippen molar-refractivity contribution in [3.63, 3.8) is 0 Å². The van der Waals surface area contributed by atoms with Gasteiger partial charge in [-0.05, 0) is 56.7 Å². The van der Waals surface area contributed by atoms with Gasteiger partial charge >= 0.3 is 0 Å². The Bertz CT molecular complexity index is 1390. The Kier molecular flexibility index (Phi) is 9.88. The summed E-state index contributed by atoms with van der Waals surface area (Å²) in [7, 11) is -2.76. The highest BCUT2D eigenvalue weighted by atomic mass is 35.5. The zero-order chi connectivity index (χ0) is 28.8. The van der Waals surface area contributed by atoms with Gasteiger partial charge in [-0.2, -0.15) is 4.31 Å². The molecule has 0 saturated carbocycles. The zero-order valence-corrected chi connectivity index (χ0v) is 24.0. The van der Waals surface area contributed by atoms with Crippen molar-refractivity contribution >= 4 is 33.4 Å². The molecule has 0 heterocycles. The molecule has 0 aliphatic heterocycles. The Balaban J connectivity index is 2.00. The van der Waals surface area contributed by atoms with Crippen molar-refractivity contribution in [2.45, 2.75) is 50.2 Å². The number of hydrogen-bond acceptors (Lipinski definition) is 4. The summed E-state index contributed by atoms with van der Waals surface area (Å²) in [4.78, 5) is 28.6. The molecule has 0 aliphatic rings. The molecule has 3 aromatic carbocycles. The van der Waals surface area contributed by atoms with Gasteiger partial charge < -0.3 is 10.2 Å². The maximum atomic E-state index is 14.7. The fourth-order valence-electron chi connectivity index (χ4n) is 3.97. The van der Waals surface area contributed by atoms with Gasteiger partial charge in [0.2, 0.25) is 21.8 Å². The van der Waals surface area contributed by atoms with Gasteiger partial charge in [0, 0.05) is 36.1 Å². The number of sulfonamides is 1. The standard InChI is InChI=1S/C29H33ClFN3O4S/c1-29(2,3)32-28(36)26(18-21-10-6-5-7-11-21)34(19-22-12-8-9-13-25(22)31)27(35)20-33(4)39(37,38)24-16-14-23(30)15-17-24/h5-17,26H,18-20H2,1-4H3,(H,32,36). The molecule has 1 N–H and O–H groups in total. The molecular formula is C29H33ClFN3O4S. The number of likely N-dealkylation sites (N-methyl/N-ethyl adjacent to an activating group) is 1. The second kappa shape index (κ2) is 12.7. The first-order valence-electron chi connectivity index (χ1n) is 12.4. The van der Waals surface area contributed by atoms with Gasteiger partial charge in [-0.15, -0.1) is 0 Å². The Morgan fingerprint density at radius 1 is 0.949 bits per heavy atom. The lowest BCUT2D eigenvalue weighted by atomic mass is 10.0.